The Balaban J connectivity index is 1.77. The second-order valence-corrected chi connectivity index (χ2v) is 5.10. The number of fused-ring (bicyclic) bond motifs is 3. The minimum Gasteiger partial charge on any atom is -0.456 e. The molecule has 0 saturated heterocycles. The number of furan rings is 1. The Morgan fingerprint density at radius 2 is 1.78 bits per heavy atom. The van der Waals surface area contributed by atoms with Crippen molar-refractivity contribution in [1.82, 2.24) is 5.32 Å². The van der Waals surface area contributed by atoms with E-state index in [0.29, 0.717) is 17.7 Å². The number of aliphatic hydroxyl groups is 1. The number of rotatable bonds is 4. The summed E-state index contributed by atoms with van der Waals surface area (Å²) in [5, 5.41) is 15.6. The van der Waals surface area contributed by atoms with Crippen LogP contribution in [0.4, 0.5) is 5.69 Å². The van der Waals surface area contributed by atoms with Gasteiger partial charge in [0.25, 0.3) is 0 Å². The normalized spacial score (nSPS) is 10.8. The lowest BCUT2D eigenvalue weighted by atomic mass is 10.1. The van der Waals surface area contributed by atoms with Crippen LogP contribution in [0.25, 0.3) is 21.9 Å². The Hall–Kier alpha value is -2.86. The van der Waals surface area contributed by atoms with E-state index in [1.165, 1.54) is 0 Å². The summed E-state index contributed by atoms with van der Waals surface area (Å²) in [6, 6.07) is 12.9. The van der Waals surface area contributed by atoms with Gasteiger partial charge in [0.1, 0.15) is 11.2 Å². The molecular formula is C17H16N2O4. The van der Waals surface area contributed by atoms with Gasteiger partial charge < -0.3 is 20.2 Å². The maximum Gasteiger partial charge on any atom is 0.313 e. The van der Waals surface area contributed by atoms with Crippen LogP contribution in [-0.4, -0.2) is 30.1 Å². The van der Waals surface area contributed by atoms with E-state index in [2.05, 4.69) is 10.6 Å². The molecule has 1 aromatic heterocycles. The number of aliphatic hydroxyl groups excluding tert-OH is 1. The molecule has 3 N–H and O–H groups in total. The van der Waals surface area contributed by atoms with Crippen molar-refractivity contribution in [1.29, 1.82) is 0 Å². The molecule has 0 atom stereocenters. The first kappa shape index (κ1) is 15.1. The Labute approximate surface area is 132 Å². The van der Waals surface area contributed by atoms with Gasteiger partial charge in [0.2, 0.25) is 0 Å². The second kappa shape index (κ2) is 6.50. The quantitative estimate of drug-likeness (QED) is 0.508. The third kappa shape index (κ3) is 3.17. The zero-order valence-corrected chi connectivity index (χ0v) is 12.3. The summed E-state index contributed by atoms with van der Waals surface area (Å²) in [6.07, 6.45) is 0.407. The van der Waals surface area contributed by atoms with Gasteiger partial charge in [-0.15, -0.1) is 0 Å². The van der Waals surface area contributed by atoms with Crippen molar-refractivity contribution in [2.75, 3.05) is 18.5 Å². The molecule has 0 spiro atoms. The van der Waals surface area contributed by atoms with Crippen LogP contribution in [0.15, 0.2) is 46.9 Å². The minimum absolute atomic E-state index is 0.0371. The molecule has 2 amide bonds. The van der Waals surface area contributed by atoms with E-state index >= 15 is 0 Å². The average Bonchev–Trinajstić information content (AvgIpc) is 2.92. The first-order chi connectivity index (χ1) is 11.2. The summed E-state index contributed by atoms with van der Waals surface area (Å²) in [5.41, 5.74) is 1.90. The highest BCUT2D eigenvalue weighted by atomic mass is 16.3. The predicted octanol–water partition coefficient (Wildman–Crippen LogP) is 2.02. The third-order valence-electron chi connectivity index (χ3n) is 3.46. The van der Waals surface area contributed by atoms with Crippen LogP contribution < -0.4 is 10.6 Å². The summed E-state index contributed by atoms with van der Waals surface area (Å²) in [4.78, 5) is 23.4. The molecule has 0 saturated carbocycles. The molecule has 0 unspecified atom stereocenters. The molecule has 3 rings (SSSR count). The van der Waals surface area contributed by atoms with E-state index in [-0.39, 0.29) is 13.2 Å². The number of hydrogen-bond donors (Lipinski definition) is 3. The first-order valence-corrected chi connectivity index (χ1v) is 7.30. The highest BCUT2D eigenvalue weighted by Crippen LogP contribution is 2.30. The van der Waals surface area contributed by atoms with Gasteiger partial charge in [-0.25, -0.2) is 0 Å². The Bertz CT molecular complexity index is 869. The van der Waals surface area contributed by atoms with E-state index in [9.17, 15) is 9.59 Å². The number of anilines is 1. The molecule has 118 valence electrons. The van der Waals surface area contributed by atoms with Crippen LogP contribution in [-0.2, 0) is 9.59 Å². The van der Waals surface area contributed by atoms with Gasteiger partial charge in [-0.05, 0) is 24.6 Å². The smallest absolute Gasteiger partial charge is 0.313 e. The first-order valence-electron chi connectivity index (χ1n) is 7.30. The van der Waals surface area contributed by atoms with E-state index in [1.807, 2.05) is 30.3 Å². The minimum atomic E-state index is -0.751. The lowest BCUT2D eigenvalue weighted by molar-refractivity contribution is -0.136. The van der Waals surface area contributed by atoms with Crippen LogP contribution in [0.5, 0.6) is 0 Å². The summed E-state index contributed by atoms with van der Waals surface area (Å²) in [7, 11) is 0. The molecule has 0 radical (unpaired) electrons. The van der Waals surface area contributed by atoms with E-state index in [0.717, 1.165) is 16.4 Å². The van der Waals surface area contributed by atoms with Gasteiger partial charge in [0, 0.05) is 35.7 Å². The fraction of sp³-hybridized carbons (Fsp3) is 0.176. The maximum absolute atomic E-state index is 11.8. The molecule has 23 heavy (non-hydrogen) atoms. The van der Waals surface area contributed by atoms with Gasteiger partial charge in [0.05, 0.1) is 0 Å². The number of nitrogens with one attached hydrogen (secondary N) is 2. The second-order valence-electron chi connectivity index (χ2n) is 5.10. The number of amides is 2. The van der Waals surface area contributed by atoms with Crippen LogP contribution in [0.3, 0.4) is 0 Å². The van der Waals surface area contributed by atoms with Crippen molar-refractivity contribution < 1.29 is 19.1 Å². The van der Waals surface area contributed by atoms with E-state index in [1.54, 1.807) is 12.1 Å². The van der Waals surface area contributed by atoms with Crippen LogP contribution in [0.2, 0.25) is 0 Å². The lowest BCUT2D eigenvalue weighted by Gasteiger charge is -2.05. The largest absolute Gasteiger partial charge is 0.456 e. The topological polar surface area (TPSA) is 91.6 Å². The van der Waals surface area contributed by atoms with Crippen LogP contribution in [0.1, 0.15) is 6.42 Å². The van der Waals surface area contributed by atoms with Crippen molar-refractivity contribution in [2.45, 2.75) is 6.42 Å². The number of carbonyl (C=O) groups is 2. The molecule has 0 aliphatic heterocycles. The fourth-order valence-corrected chi connectivity index (χ4v) is 2.35. The average molecular weight is 312 g/mol. The van der Waals surface area contributed by atoms with Gasteiger partial charge in [-0.2, -0.15) is 0 Å². The standard InChI is InChI=1S/C17H16N2O4/c20-9-3-8-18-16(21)17(22)19-11-6-7-13-12-4-1-2-5-14(12)23-15(13)10-11/h1-2,4-7,10,20H,3,8-9H2,(H,18,21)(H,19,22). The number of carbonyl (C=O) groups excluding carboxylic acids is 2. The van der Waals surface area contributed by atoms with Crippen LogP contribution in [0, 0.1) is 0 Å². The number of hydrogen-bond acceptors (Lipinski definition) is 4. The molecular weight excluding hydrogens is 296 g/mol. The summed E-state index contributed by atoms with van der Waals surface area (Å²) in [5.74, 6) is -1.48. The van der Waals surface area contributed by atoms with Crippen molar-refractivity contribution in [3.63, 3.8) is 0 Å². The lowest BCUT2D eigenvalue weighted by Crippen LogP contribution is -2.36. The van der Waals surface area contributed by atoms with Gasteiger partial charge >= 0.3 is 11.8 Å². The molecule has 0 bridgehead atoms. The Morgan fingerprint density at radius 1 is 1.00 bits per heavy atom. The fourth-order valence-electron chi connectivity index (χ4n) is 2.35. The SMILES string of the molecule is O=C(NCCCO)C(=O)Nc1ccc2c(c1)oc1ccccc12. The Kier molecular flexibility index (Phi) is 4.25. The summed E-state index contributed by atoms with van der Waals surface area (Å²) >= 11 is 0. The monoisotopic (exact) mass is 312 g/mol. The summed E-state index contributed by atoms with van der Waals surface area (Å²) < 4.78 is 5.73. The van der Waals surface area contributed by atoms with E-state index < -0.39 is 11.8 Å². The molecule has 3 aromatic rings. The molecule has 6 nitrogen and oxygen atoms in total. The van der Waals surface area contributed by atoms with Crippen LogP contribution >= 0.6 is 0 Å². The molecule has 6 heteroatoms. The molecule has 1 heterocycles. The number of benzene rings is 2. The van der Waals surface area contributed by atoms with Gasteiger partial charge in [0.15, 0.2) is 0 Å². The highest BCUT2D eigenvalue weighted by Gasteiger charge is 2.14. The van der Waals surface area contributed by atoms with Gasteiger partial charge in [-0.1, -0.05) is 18.2 Å². The molecule has 0 aliphatic carbocycles. The molecule has 0 fully saturated rings. The zero-order chi connectivity index (χ0) is 16.2. The van der Waals surface area contributed by atoms with Crippen molar-refractivity contribution in [3.05, 3.63) is 42.5 Å². The van der Waals surface area contributed by atoms with Crippen molar-refractivity contribution in [3.8, 4) is 0 Å². The zero-order valence-electron chi connectivity index (χ0n) is 12.3. The third-order valence-corrected chi connectivity index (χ3v) is 3.46. The van der Waals surface area contributed by atoms with Gasteiger partial charge in [-0.3, -0.25) is 9.59 Å². The van der Waals surface area contributed by atoms with Crippen molar-refractivity contribution >= 4 is 39.4 Å². The van der Waals surface area contributed by atoms with E-state index in [4.69, 9.17) is 9.52 Å². The summed E-state index contributed by atoms with van der Waals surface area (Å²) in [6.45, 7) is 0.218. The Morgan fingerprint density at radius 3 is 2.61 bits per heavy atom. The highest BCUT2D eigenvalue weighted by molar-refractivity contribution is 6.39. The predicted molar refractivity (Wildman–Crippen MR) is 87.1 cm³/mol. The van der Waals surface area contributed by atoms with Crippen molar-refractivity contribution in [2.24, 2.45) is 0 Å². The number of para-hydroxylation sites is 1. The maximum atomic E-state index is 11.8. The molecule has 0 aliphatic rings. The molecule has 2 aromatic carbocycles.